The Bertz CT molecular complexity index is 274. The van der Waals surface area contributed by atoms with Crippen molar-refractivity contribution in [1.82, 2.24) is 5.32 Å². The molecule has 1 heterocycles. The van der Waals surface area contributed by atoms with E-state index >= 15 is 0 Å². The zero-order chi connectivity index (χ0) is 11.1. The van der Waals surface area contributed by atoms with Gasteiger partial charge in [-0.25, -0.2) is 0 Å². The lowest BCUT2D eigenvalue weighted by molar-refractivity contribution is -0.137. The lowest BCUT2D eigenvalue weighted by Gasteiger charge is -2.14. The maximum atomic E-state index is 11.3. The normalized spacial score (nSPS) is 14.5. The lowest BCUT2D eigenvalue weighted by atomic mass is 10.3. The van der Waals surface area contributed by atoms with E-state index in [1.807, 2.05) is 0 Å². The molecule has 0 atom stereocenters. The molecule has 1 aliphatic rings. The molecule has 15 heavy (non-hydrogen) atoms. The van der Waals surface area contributed by atoms with Crippen LogP contribution in [0.5, 0.6) is 0 Å². The Hall–Kier alpha value is -1.72. The first-order chi connectivity index (χ1) is 7.20. The molecule has 1 amide bonds. The number of hydrogen-bond acceptors (Lipinski definition) is 4. The fraction of sp³-hybridized carbons (Fsp3) is 0.556. The molecule has 6 nitrogen and oxygen atoms in total. The van der Waals surface area contributed by atoms with Gasteiger partial charge in [0.15, 0.2) is 0 Å². The van der Waals surface area contributed by atoms with Gasteiger partial charge in [-0.1, -0.05) is 0 Å². The Kier molecular flexibility index (Phi) is 4.46. The molecule has 0 saturated heterocycles. The van der Waals surface area contributed by atoms with Crippen LogP contribution in [0.25, 0.3) is 0 Å². The Labute approximate surface area is 86.9 Å². The number of amides is 1. The number of aliphatic carboxylic acids is 1. The van der Waals surface area contributed by atoms with Crippen LogP contribution in [0.2, 0.25) is 0 Å². The number of carbonyl (C=O) groups excluding carboxylic acids is 1. The summed E-state index contributed by atoms with van der Waals surface area (Å²) in [5.41, 5.74) is 0. The van der Waals surface area contributed by atoms with Gasteiger partial charge < -0.3 is 19.9 Å². The van der Waals surface area contributed by atoms with Gasteiger partial charge in [0, 0.05) is 13.0 Å². The van der Waals surface area contributed by atoms with Gasteiger partial charge in [0.2, 0.25) is 5.76 Å². The van der Waals surface area contributed by atoms with Crippen LogP contribution < -0.4 is 5.32 Å². The fourth-order valence-electron chi connectivity index (χ4n) is 1.02. The van der Waals surface area contributed by atoms with E-state index in [1.165, 1.54) is 6.26 Å². The summed E-state index contributed by atoms with van der Waals surface area (Å²) in [6.45, 7) is 1.11. The van der Waals surface area contributed by atoms with Crippen molar-refractivity contribution >= 4 is 11.9 Å². The molecular weight excluding hydrogens is 202 g/mol. The van der Waals surface area contributed by atoms with Gasteiger partial charge in [-0.2, -0.15) is 0 Å². The number of carboxylic acids is 1. The number of hydrogen-bond donors (Lipinski definition) is 2. The standard InChI is InChI=1S/C9H13NO5/c11-8(12)2-1-3-10-9(13)7-6-14-4-5-15-7/h6H,1-5H2,(H,10,13)(H,11,12). The first-order valence-electron chi connectivity index (χ1n) is 4.64. The van der Waals surface area contributed by atoms with Crippen molar-refractivity contribution in [2.24, 2.45) is 0 Å². The molecule has 0 radical (unpaired) electrons. The van der Waals surface area contributed by atoms with Crippen molar-refractivity contribution < 1.29 is 24.2 Å². The van der Waals surface area contributed by atoms with Gasteiger partial charge in [-0.3, -0.25) is 9.59 Å². The summed E-state index contributed by atoms with van der Waals surface area (Å²) < 4.78 is 9.93. The number of carboxylic acid groups (broad SMARTS) is 1. The van der Waals surface area contributed by atoms with E-state index in [4.69, 9.17) is 14.6 Å². The van der Waals surface area contributed by atoms with Crippen molar-refractivity contribution in [2.45, 2.75) is 12.8 Å². The van der Waals surface area contributed by atoms with Crippen molar-refractivity contribution in [1.29, 1.82) is 0 Å². The van der Waals surface area contributed by atoms with E-state index in [2.05, 4.69) is 5.32 Å². The number of ether oxygens (including phenoxy) is 2. The van der Waals surface area contributed by atoms with Crippen LogP contribution in [0.3, 0.4) is 0 Å². The minimum atomic E-state index is -0.874. The highest BCUT2D eigenvalue weighted by Crippen LogP contribution is 2.03. The smallest absolute Gasteiger partial charge is 0.303 e. The Morgan fingerprint density at radius 2 is 2.27 bits per heavy atom. The summed E-state index contributed by atoms with van der Waals surface area (Å²) in [5.74, 6) is -1.11. The van der Waals surface area contributed by atoms with E-state index < -0.39 is 5.97 Å². The maximum absolute atomic E-state index is 11.3. The van der Waals surface area contributed by atoms with Crippen molar-refractivity contribution in [3.63, 3.8) is 0 Å². The summed E-state index contributed by atoms with van der Waals surface area (Å²) >= 11 is 0. The third-order valence-corrected chi connectivity index (χ3v) is 1.73. The summed E-state index contributed by atoms with van der Waals surface area (Å²) in [5, 5.41) is 10.9. The average molecular weight is 215 g/mol. The average Bonchev–Trinajstić information content (AvgIpc) is 2.25. The Morgan fingerprint density at radius 1 is 1.47 bits per heavy atom. The monoisotopic (exact) mass is 215 g/mol. The highest BCUT2D eigenvalue weighted by Gasteiger charge is 2.13. The highest BCUT2D eigenvalue weighted by molar-refractivity contribution is 5.91. The van der Waals surface area contributed by atoms with Crippen LogP contribution in [0.1, 0.15) is 12.8 Å². The second kappa shape index (κ2) is 5.90. The van der Waals surface area contributed by atoms with Crippen LogP contribution in [0, 0.1) is 0 Å². The van der Waals surface area contributed by atoms with E-state index in [-0.39, 0.29) is 18.1 Å². The van der Waals surface area contributed by atoms with E-state index in [0.717, 1.165) is 0 Å². The van der Waals surface area contributed by atoms with Gasteiger partial charge in [0.25, 0.3) is 5.91 Å². The summed E-state index contributed by atoms with van der Waals surface area (Å²) in [6.07, 6.45) is 1.70. The molecule has 84 valence electrons. The molecule has 0 bridgehead atoms. The molecule has 0 aliphatic carbocycles. The molecule has 1 rings (SSSR count). The number of carbonyl (C=O) groups is 2. The van der Waals surface area contributed by atoms with E-state index in [0.29, 0.717) is 26.2 Å². The molecule has 0 aromatic carbocycles. The SMILES string of the molecule is O=C(O)CCCNC(=O)C1=COCCO1. The van der Waals surface area contributed by atoms with Crippen LogP contribution in [-0.2, 0) is 19.1 Å². The summed E-state index contributed by atoms with van der Waals surface area (Å²) in [4.78, 5) is 21.5. The summed E-state index contributed by atoms with van der Waals surface area (Å²) in [7, 11) is 0. The largest absolute Gasteiger partial charge is 0.494 e. The molecule has 0 spiro atoms. The fourth-order valence-corrected chi connectivity index (χ4v) is 1.02. The van der Waals surface area contributed by atoms with Crippen LogP contribution in [0.4, 0.5) is 0 Å². The molecule has 0 aromatic heterocycles. The Balaban J connectivity index is 2.18. The minimum absolute atomic E-state index is 0.0384. The first kappa shape index (κ1) is 11.4. The van der Waals surface area contributed by atoms with Crippen molar-refractivity contribution in [3.8, 4) is 0 Å². The van der Waals surface area contributed by atoms with Crippen molar-refractivity contribution in [2.75, 3.05) is 19.8 Å². The first-order valence-corrected chi connectivity index (χ1v) is 4.64. The van der Waals surface area contributed by atoms with Gasteiger partial charge in [-0.15, -0.1) is 0 Å². The predicted molar refractivity (Wildman–Crippen MR) is 49.9 cm³/mol. The second-order valence-corrected chi connectivity index (χ2v) is 2.95. The quantitative estimate of drug-likeness (QED) is 0.623. The van der Waals surface area contributed by atoms with Crippen molar-refractivity contribution in [3.05, 3.63) is 12.0 Å². The van der Waals surface area contributed by atoms with E-state index in [1.54, 1.807) is 0 Å². The maximum Gasteiger partial charge on any atom is 0.303 e. The number of nitrogens with one attached hydrogen (secondary N) is 1. The zero-order valence-electron chi connectivity index (χ0n) is 8.19. The van der Waals surface area contributed by atoms with E-state index in [9.17, 15) is 9.59 Å². The molecule has 1 aliphatic heterocycles. The van der Waals surface area contributed by atoms with Crippen LogP contribution >= 0.6 is 0 Å². The second-order valence-electron chi connectivity index (χ2n) is 2.95. The van der Waals surface area contributed by atoms with Crippen LogP contribution in [-0.4, -0.2) is 36.7 Å². The molecular formula is C9H13NO5. The molecule has 6 heteroatoms. The highest BCUT2D eigenvalue weighted by atomic mass is 16.6. The van der Waals surface area contributed by atoms with Gasteiger partial charge in [0.1, 0.15) is 19.5 Å². The zero-order valence-corrected chi connectivity index (χ0v) is 8.19. The lowest BCUT2D eigenvalue weighted by Crippen LogP contribution is -2.29. The van der Waals surface area contributed by atoms with Gasteiger partial charge in [0.05, 0.1) is 0 Å². The molecule has 0 saturated carbocycles. The molecule has 0 fully saturated rings. The molecule has 0 unspecified atom stereocenters. The minimum Gasteiger partial charge on any atom is -0.494 e. The topological polar surface area (TPSA) is 84.9 Å². The Morgan fingerprint density at radius 3 is 2.87 bits per heavy atom. The number of rotatable bonds is 5. The third kappa shape index (κ3) is 4.35. The van der Waals surface area contributed by atoms with Gasteiger partial charge >= 0.3 is 5.97 Å². The predicted octanol–water partition coefficient (Wildman–Crippen LogP) is -0.144. The van der Waals surface area contributed by atoms with Crippen LogP contribution in [0.15, 0.2) is 12.0 Å². The molecule has 0 aromatic rings. The molecule has 2 N–H and O–H groups in total. The van der Waals surface area contributed by atoms with Gasteiger partial charge in [-0.05, 0) is 6.42 Å². The summed E-state index contributed by atoms with van der Waals surface area (Å²) in [6, 6.07) is 0. The third-order valence-electron chi connectivity index (χ3n) is 1.73.